The SMILES string of the molecule is CN=C(NCCCC(=O)NC1CC1)N(C)CCOc1ccccc1.I. The largest absolute Gasteiger partial charge is 0.492 e. The van der Waals surface area contributed by atoms with E-state index in [1.807, 2.05) is 42.3 Å². The maximum Gasteiger partial charge on any atom is 0.220 e. The van der Waals surface area contributed by atoms with Gasteiger partial charge in [-0.3, -0.25) is 9.79 Å². The summed E-state index contributed by atoms with van der Waals surface area (Å²) in [4.78, 5) is 17.9. The first-order valence-electron chi connectivity index (χ1n) is 8.58. The van der Waals surface area contributed by atoms with Crippen LogP contribution < -0.4 is 15.4 Å². The van der Waals surface area contributed by atoms with Gasteiger partial charge < -0.3 is 20.3 Å². The third-order valence-corrected chi connectivity index (χ3v) is 3.82. The molecule has 140 valence electrons. The number of hydrogen-bond acceptors (Lipinski definition) is 3. The second-order valence-electron chi connectivity index (χ2n) is 6.00. The molecule has 1 aliphatic rings. The number of halogens is 1. The van der Waals surface area contributed by atoms with Crippen LogP contribution in [0.3, 0.4) is 0 Å². The van der Waals surface area contributed by atoms with Gasteiger partial charge in [-0.1, -0.05) is 18.2 Å². The van der Waals surface area contributed by atoms with Gasteiger partial charge in [0.2, 0.25) is 5.91 Å². The lowest BCUT2D eigenvalue weighted by Crippen LogP contribution is -2.41. The predicted octanol–water partition coefficient (Wildman–Crippen LogP) is 2.25. The van der Waals surface area contributed by atoms with Crippen molar-refractivity contribution in [1.82, 2.24) is 15.5 Å². The molecule has 0 atom stereocenters. The van der Waals surface area contributed by atoms with Crippen LogP contribution in [-0.4, -0.2) is 56.6 Å². The van der Waals surface area contributed by atoms with Crippen LogP contribution in [0.15, 0.2) is 35.3 Å². The zero-order valence-electron chi connectivity index (χ0n) is 15.0. The second-order valence-corrected chi connectivity index (χ2v) is 6.00. The summed E-state index contributed by atoms with van der Waals surface area (Å²) in [5, 5.41) is 6.28. The van der Waals surface area contributed by atoms with Gasteiger partial charge in [-0.25, -0.2) is 0 Å². The minimum absolute atomic E-state index is 0. The van der Waals surface area contributed by atoms with Crippen molar-refractivity contribution >= 4 is 35.8 Å². The molecule has 2 N–H and O–H groups in total. The van der Waals surface area contributed by atoms with Gasteiger partial charge in [-0.2, -0.15) is 0 Å². The number of nitrogens with zero attached hydrogens (tertiary/aromatic N) is 2. The van der Waals surface area contributed by atoms with Gasteiger partial charge in [-0.15, -0.1) is 24.0 Å². The molecule has 1 saturated carbocycles. The molecule has 0 aromatic heterocycles. The van der Waals surface area contributed by atoms with Gasteiger partial charge in [0.25, 0.3) is 0 Å². The molecular formula is C18H29IN4O2. The predicted molar refractivity (Wildman–Crippen MR) is 112 cm³/mol. The summed E-state index contributed by atoms with van der Waals surface area (Å²) in [6.07, 6.45) is 3.62. The molecule has 6 nitrogen and oxygen atoms in total. The number of nitrogens with one attached hydrogen (secondary N) is 2. The topological polar surface area (TPSA) is 66.0 Å². The van der Waals surface area contributed by atoms with Gasteiger partial charge in [0, 0.05) is 33.1 Å². The number of guanidine groups is 1. The third-order valence-electron chi connectivity index (χ3n) is 3.82. The normalized spacial score (nSPS) is 13.6. The van der Waals surface area contributed by atoms with Crippen LogP contribution in [0, 0.1) is 0 Å². The highest BCUT2D eigenvalue weighted by Gasteiger charge is 2.22. The molecule has 2 rings (SSSR count). The highest BCUT2D eigenvalue weighted by molar-refractivity contribution is 14.0. The van der Waals surface area contributed by atoms with Crippen molar-refractivity contribution in [3.63, 3.8) is 0 Å². The van der Waals surface area contributed by atoms with E-state index in [1.54, 1.807) is 7.05 Å². The van der Waals surface area contributed by atoms with Crippen LogP contribution >= 0.6 is 24.0 Å². The fourth-order valence-corrected chi connectivity index (χ4v) is 2.28. The molecule has 1 aromatic rings. The summed E-state index contributed by atoms with van der Waals surface area (Å²) in [7, 11) is 3.74. The molecular weight excluding hydrogens is 431 g/mol. The van der Waals surface area contributed by atoms with Crippen molar-refractivity contribution in [2.24, 2.45) is 4.99 Å². The molecule has 1 aliphatic carbocycles. The number of rotatable bonds is 9. The second kappa shape index (κ2) is 11.9. The lowest BCUT2D eigenvalue weighted by atomic mass is 10.3. The highest BCUT2D eigenvalue weighted by Crippen LogP contribution is 2.18. The molecule has 0 aliphatic heterocycles. The van der Waals surface area contributed by atoms with Crippen molar-refractivity contribution in [2.75, 3.05) is 33.8 Å². The molecule has 1 fully saturated rings. The van der Waals surface area contributed by atoms with Crippen LogP contribution in [0.25, 0.3) is 0 Å². The Balaban J connectivity index is 0.00000312. The van der Waals surface area contributed by atoms with Crippen molar-refractivity contribution in [1.29, 1.82) is 0 Å². The van der Waals surface area contributed by atoms with Gasteiger partial charge in [0.1, 0.15) is 12.4 Å². The Morgan fingerprint density at radius 2 is 2.04 bits per heavy atom. The van der Waals surface area contributed by atoms with E-state index >= 15 is 0 Å². The molecule has 25 heavy (non-hydrogen) atoms. The number of hydrogen-bond donors (Lipinski definition) is 2. The van der Waals surface area contributed by atoms with Crippen LogP contribution in [0.4, 0.5) is 0 Å². The standard InChI is InChI=1S/C18H28N4O2.HI/c1-19-18(20-12-6-9-17(23)21-15-10-11-15)22(2)13-14-24-16-7-4-3-5-8-16;/h3-5,7-8,15H,6,9-14H2,1-2H3,(H,19,20)(H,21,23);1H. The Bertz CT molecular complexity index is 535. The molecule has 0 bridgehead atoms. The van der Waals surface area contributed by atoms with E-state index in [-0.39, 0.29) is 29.9 Å². The fraction of sp³-hybridized carbons (Fsp3) is 0.556. The Kier molecular flexibility index (Phi) is 10.3. The Morgan fingerprint density at radius 1 is 1.32 bits per heavy atom. The Hall–Kier alpha value is -1.51. The van der Waals surface area contributed by atoms with Gasteiger partial charge in [0.05, 0.1) is 6.54 Å². The number of para-hydroxylation sites is 1. The van der Waals surface area contributed by atoms with Crippen LogP contribution in [0.1, 0.15) is 25.7 Å². The molecule has 0 heterocycles. The van der Waals surface area contributed by atoms with E-state index in [0.29, 0.717) is 19.1 Å². The Morgan fingerprint density at radius 3 is 2.68 bits per heavy atom. The Labute approximate surface area is 167 Å². The quantitative estimate of drug-likeness (QED) is 0.257. The van der Waals surface area contributed by atoms with E-state index < -0.39 is 0 Å². The average molecular weight is 460 g/mol. The van der Waals surface area contributed by atoms with E-state index in [1.165, 1.54) is 0 Å². The number of benzene rings is 1. The summed E-state index contributed by atoms with van der Waals surface area (Å²) < 4.78 is 5.69. The van der Waals surface area contributed by atoms with Gasteiger partial charge in [0.15, 0.2) is 5.96 Å². The highest BCUT2D eigenvalue weighted by atomic mass is 127. The average Bonchev–Trinajstić information content (AvgIpc) is 3.39. The number of ether oxygens (including phenoxy) is 1. The van der Waals surface area contributed by atoms with Crippen LogP contribution in [0.2, 0.25) is 0 Å². The summed E-state index contributed by atoms with van der Waals surface area (Å²) >= 11 is 0. The van der Waals surface area contributed by atoms with E-state index in [9.17, 15) is 4.79 Å². The minimum atomic E-state index is 0. The van der Waals surface area contributed by atoms with Crippen LogP contribution in [-0.2, 0) is 4.79 Å². The number of likely N-dealkylation sites (N-methyl/N-ethyl adjacent to an activating group) is 1. The number of aliphatic imine (C=N–C) groups is 1. The van der Waals surface area contributed by atoms with Gasteiger partial charge >= 0.3 is 0 Å². The smallest absolute Gasteiger partial charge is 0.220 e. The summed E-state index contributed by atoms with van der Waals surface area (Å²) in [5.74, 6) is 1.84. The zero-order valence-corrected chi connectivity index (χ0v) is 17.4. The molecule has 0 saturated heterocycles. The summed E-state index contributed by atoms with van der Waals surface area (Å²) in [5.41, 5.74) is 0. The number of carbonyl (C=O) groups is 1. The molecule has 1 amide bonds. The summed E-state index contributed by atoms with van der Waals surface area (Å²) in [6, 6.07) is 10.2. The lowest BCUT2D eigenvalue weighted by Gasteiger charge is -2.22. The number of amides is 1. The van der Waals surface area contributed by atoms with E-state index in [4.69, 9.17) is 4.74 Å². The first kappa shape index (κ1) is 21.5. The maximum atomic E-state index is 11.6. The van der Waals surface area contributed by atoms with Gasteiger partial charge in [-0.05, 0) is 31.4 Å². The summed E-state index contributed by atoms with van der Waals surface area (Å²) in [6.45, 7) is 2.05. The van der Waals surface area contributed by atoms with E-state index in [0.717, 1.165) is 44.1 Å². The molecule has 0 unspecified atom stereocenters. The third kappa shape index (κ3) is 8.94. The zero-order chi connectivity index (χ0) is 17.2. The first-order valence-corrected chi connectivity index (χ1v) is 8.58. The first-order chi connectivity index (χ1) is 11.7. The van der Waals surface area contributed by atoms with Crippen molar-refractivity contribution in [3.8, 4) is 5.75 Å². The molecule has 1 aromatic carbocycles. The molecule has 0 spiro atoms. The van der Waals surface area contributed by atoms with E-state index in [2.05, 4.69) is 15.6 Å². The number of carbonyl (C=O) groups excluding carboxylic acids is 1. The maximum absolute atomic E-state index is 11.6. The van der Waals surface area contributed by atoms with Crippen molar-refractivity contribution in [3.05, 3.63) is 30.3 Å². The minimum Gasteiger partial charge on any atom is -0.492 e. The van der Waals surface area contributed by atoms with Crippen LogP contribution in [0.5, 0.6) is 5.75 Å². The van der Waals surface area contributed by atoms with Crippen molar-refractivity contribution in [2.45, 2.75) is 31.7 Å². The monoisotopic (exact) mass is 460 g/mol. The molecule has 7 heteroatoms. The molecule has 0 radical (unpaired) electrons. The fourth-order valence-electron chi connectivity index (χ4n) is 2.28. The van der Waals surface area contributed by atoms with Crippen molar-refractivity contribution < 1.29 is 9.53 Å². The lowest BCUT2D eigenvalue weighted by molar-refractivity contribution is -0.121.